The van der Waals surface area contributed by atoms with Gasteiger partial charge in [0, 0.05) is 11.8 Å². The molecule has 156 valence electrons. The van der Waals surface area contributed by atoms with Gasteiger partial charge >= 0.3 is 0 Å². The minimum absolute atomic E-state index is 0.0858. The molecule has 0 saturated carbocycles. The maximum atomic E-state index is 12.5. The summed E-state index contributed by atoms with van der Waals surface area (Å²) >= 11 is 0. The number of aromatic nitrogens is 1. The highest BCUT2D eigenvalue weighted by molar-refractivity contribution is 6.74. The van der Waals surface area contributed by atoms with Crippen LogP contribution in [0.2, 0.25) is 18.1 Å². The predicted octanol–water partition coefficient (Wildman–Crippen LogP) is 5.83. The van der Waals surface area contributed by atoms with Crippen molar-refractivity contribution >= 4 is 19.1 Å². The Labute approximate surface area is 173 Å². The van der Waals surface area contributed by atoms with Gasteiger partial charge < -0.3 is 18.9 Å². The van der Waals surface area contributed by atoms with Crippen molar-refractivity contribution in [2.45, 2.75) is 64.3 Å². The number of aromatic amines is 1. The lowest BCUT2D eigenvalue weighted by Gasteiger charge is -2.39. The molecule has 0 amide bonds. The van der Waals surface area contributed by atoms with Crippen LogP contribution in [0.15, 0.2) is 41.5 Å². The number of hydrogen-bond acceptors (Lipinski definition) is 4. The summed E-state index contributed by atoms with van der Waals surface area (Å²) in [6.45, 7) is 15.0. The fourth-order valence-electron chi connectivity index (χ4n) is 3.25. The molecule has 1 aliphatic rings. The number of ether oxygens (including phenoxy) is 2. The normalized spacial score (nSPS) is 14.7. The SMILES string of the molecule is C=C=CCCCC(O[Si](C)(C)C(C)(C)C)c1c[nH]c(=O)c2cc3c(cc12)OCO3. The van der Waals surface area contributed by atoms with Crippen molar-refractivity contribution in [2.24, 2.45) is 0 Å². The molecule has 0 spiro atoms. The van der Waals surface area contributed by atoms with Gasteiger partial charge in [-0.05, 0) is 61.0 Å². The molecule has 1 N–H and O–H groups in total. The molecule has 0 fully saturated rings. The van der Waals surface area contributed by atoms with Crippen LogP contribution in [0, 0.1) is 0 Å². The number of hydrogen-bond donors (Lipinski definition) is 1. The number of nitrogens with one attached hydrogen (secondary N) is 1. The topological polar surface area (TPSA) is 60.6 Å². The molecule has 1 aromatic heterocycles. The molecule has 5 nitrogen and oxygen atoms in total. The minimum Gasteiger partial charge on any atom is -0.454 e. The quantitative estimate of drug-likeness (QED) is 0.352. The van der Waals surface area contributed by atoms with E-state index in [4.69, 9.17) is 13.9 Å². The number of H-pyrrole nitrogens is 1. The Morgan fingerprint density at radius 3 is 2.55 bits per heavy atom. The van der Waals surface area contributed by atoms with Crippen LogP contribution in [-0.2, 0) is 4.43 Å². The molecule has 0 aliphatic carbocycles. The van der Waals surface area contributed by atoms with E-state index < -0.39 is 8.32 Å². The summed E-state index contributed by atoms with van der Waals surface area (Å²) in [7, 11) is -2.03. The van der Waals surface area contributed by atoms with Crippen molar-refractivity contribution in [1.29, 1.82) is 0 Å². The standard InChI is InChI=1S/C23H31NO4Si/c1-7-8-9-10-11-19(28-29(5,6)23(2,3)4)18-14-24-22(25)17-13-21-20(12-16(17)18)26-15-27-21/h8,12-14,19H,1,9-11,15H2,2-6H3,(H,24,25). The number of benzene rings is 1. The molecule has 29 heavy (non-hydrogen) atoms. The monoisotopic (exact) mass is 413 g/mol. The van der Waals surface area contributed by atoms with Crippen LogP contribution in [0.4, 0.5) is 0 Å². The summed E-state index contributed by atoms with van der Waals surface area (Å²) in [6, 6.07) is 3.68. The molecule has 2 heterocycles. The maximum absolute atomic E-state index is 12.5. The van der Waals surface area contributed by atoms with Gasteiger partial charge in [0.1, 0.15) is 0 Å². The Kier molecular flexibility index (Phi) is 6.08. The van der Waals surface area contributed by atoms with Gasteiger partial charge in [0.25, 0.3) is 5.56 Å². The van der Waals surface area contributed by atoms with E-state index in [1.807, 2.05) is 12.1 Å². The average molecular weight is 414 g/mol. The fourth-order valence-corrected chi connectivity index (χ4v) is 4.56. The van der Waals surface area contributed by atoms with E-state index >= 15 is 0 Å². The Hall–Kier alpha value is -2.27. The first-order chi connectivity index (χ1) is 13.6. The Balaban J connectivity index is 2.06. The van der Waals surface area contributed by atoms with Gasteiger partial charge in [0.05, 0.1) is 11.5 Å². The average Bonchev–Trinajstić information content (AvgIpc) is 3.10. The first kappa shape index (κ1) is 21.4. The summed E-state index contributed by atoms with van der Waals surface area (Å²) in [5.41, 5.74) is 3.69. The lowest BCUT2D eigenvalue weighted by molar-refractivity contribution is 0.172. The van der Waals surface area contributed by atoms with Crippen LogP contribution >= 0.6 is 0 Å². The summed E-state index contributed by atoms with van der Waals surface area (Å²) < 4.78 is 17.9. The number of rotatable bonds is 7. The Morgan fingerprint density at radius 1 is 1.28 bits per heavy atom. The van der Waals surface area contributed by atoms with Gasteiger partial charge in [-0.3, -0.25) is 4.79 Å². The lowest BCUT2D eigenvalue weighted by atomic mass is 9.99. The van der Waals surface area contributed by atoms with Gasteiger partial charge in [0.15, 0.2) is 19.8 Å². The predicted molar refractivity (Wildman–Crippen MR) is 119 cm³/mol. The lowest BCUT2D eigenvalue weighted by Crippen LogP contribution is -2.42. The molecule has 6 heteroatoms. The third-order valence-corrected chi connectivity index (χ3v) is 10.5. The second kappa shape index (κ2) is 8.23. The third-order valence-electron chi connectivity index (χ3n) is 5.98. The summed E-state index contributed by atoms with van der Waals surface area (Å²) in [5, 5.41) is 1.55. The molecule has 1 unspecified atom stereocenters. The van der Waals surface area contributed by atoms with Crippen molar-refractivity contribution in [3.05, 3.63) is 52.6 Å². The second-order valence-corrected chi connectivity index (χ2v) is 13.8. The van der Waals surface area contributed by atoms with Crippen LogP contribution < -0.4 is 15.0 Å². The molecular weight excluding hydrogens is 382 g/mol. The van der Waals surface area contributed by atoms with Gasteiger partial charge in [-0.1, -0.05) is 27.4 Å². The van der Waals surface area contributed by atoms with E-state index in [0.29, 0.717) is 16.9 Å². The van der Waals surface area contributed by atoms with Gasteiger partial charge in [-0.2, -0.15) is 0 Å². The third kappa shape index (κ3) is 4.50. The molecule has 0 bridgehead atoms. The zero-order valence-corrected chi connectivity index (χ0v) is 19.1. The maximum Gasteiger partial charge on any atom is 0.255 e. The van der Waals surface area contributed by atoms with E-state index in [0.717, 1.165) is 30.2 Å². The van der Waals surface area contributed by atoms with Crippen LogP contribution in [-0.4, -0.2) is 20.1 Å². The van der Waals surface area contributed by atoms with Crippen LogP contribution in [0.3, 0.4) is 0 Å². The van der Waals surface area contributed by atoms with E-state index in [9.17, 15) is 4.79 Å². The molecule has 2 aromatic rings. The van der Waals surface area contributed by atoms with Crippen LogP contribution in [0.1, 0.15) is 51.7 Å². The smallest absolute Gasteiger partial charge is 0.255 e. The van der Waals surface area contributed by atoms with Gasteiger partial charge in [0.2, 0.25) is 6.79 Å². The van der Waals surface area contributed by atoms with E-state index in [1.165, 1.54) is 0 Å². The zero-order chi connectivity index (χ0) is 21.2. The highest BCUT2D eigenvalue weighted by Gasteiger charge is 2.39. The molecule has 1 atom stereocenters. The Morgan fingerprint density at radius 2 is 1.93 bits per heavy atom. The first-order valence-corrected chi connectivity index (χ1v) is 13.0. The molecule has 1 aromatic carbocycles. The largest absolute Gasteiger partial charge is 0.454 e. The molecule has 1 aliphatic heterocycles. The number of unbranched alkanes of at least 4 members (excludes halogenated alkanes) is 1. The van der Waals surface area contributed by atoms with Crippen LogP contribution in [0.5, 0.6) is 11.5 Å². The highest BCUT2D eigenvalue weighted by atomic mass is 28.4. The summed E-state index contributed by atoms with van der Waals surface area (Å²) in [6.07, 6.45) is 6.33. The van der Waals surface area contributed by atoms with E-state index in [1.54, 1.807) is 12.3 Å². The van der Waals surface area contributed by atoms with Crippen molar-refractivity contribution in [2.75, 3.05) is 6.79 Å². The number of fused-ring (bicyclic) bond motifs is 2. The number of pyridine rings is 1. The minimum atomic E-state index is -2.03. The van der Waals surface area contributed by atoms with Gasteiger partial charge in [-0.25, -0.2) is 0 Å². The molecule has 0 radical (unpaired) electrons. The van der Waals surface area contributed by atoms with Gasteiger partial charge in [-0.15, -0.1) is 5.73 Å². The van der Waals surface area contributed by atoms with Crippen molar-refractivity contribution in [3.63, 3.8) is 0 Å². The second-order valence-electron chi connectivity index (χ2n) is 9.03. The molecule has 0 saturated heterocycles. The highest BCUT2D eigenvalue weighted by Crippen LogP contribution is 2.43. The summed E-state index contributed by atoms with van der Waals surface area (Å²) in [4.78, 5) is 15.4. The van der Waals surface area contributed by atoms with Crippen molar-refractivity contribution in [1.82, 2.24) is 4.98 Å². The number of allylic oxidation sites excluding steroid dienone is 1. The van der Waals surface area contributed by atoms with Crippen molar-refractivity contribution in [3.8, 4) is 11.5 Å². The fraction of sp³-hybridized carbons (Fsp3) is 0.478. The zero-order valence-electron chi connectivity index (χ0n) is 18.1. The Bertz CT molecular complexity index is 996. The molecular formula is C23H31NO4Si. The summed E-state index contributed by atoms with van der Waals surface area (Å²) in [5.74, 6) is 1.28. The van der Waals surface area contributed by atoms with Crippen LogP contribution in [0.25, 0.3) is 10.8 Å². The van der Waals surface area contributed by atoms with E-state index in [-0.39, 0.29) is 23.5 Å². The molecule has 3 rings (SSSR count). The van der Waals surface area contributed by atoms with E-state index in [2.05, 4.69) is 51.2 Å². The first-order valence-electron chi connectivity index (χ1n) is 10.1. The van der Waals surface area contributed by atoms with Crippen molar-refractivity contribution < 1.29 is 13.9 Å².